The summed E-state index contributed by atoms with van der Waals surface area (Å²) in [5.41, 5.74) is 1.97. The van der Waals surface area contributed by atoms with Crippen molar-refractivity contribution in [1.82, 2.24) is 0 Å². The maximum atomic E-state index is 12.4. The van der Waals surface area contributed by atoms with Gasteiger partial charge >= 0.3 is 5.97 Å². The number of esters is 1. The molecule has 0 radical (unpaired) electrons. The van der Waals surface area contributed by atoms with E-state index in [1.807, 2.05) is 30.3 Å². The van der Waals surface area contributed by atoms with Crippen molar-refractivity contribution in [2.45, 2.75) is 44.2 Å². The molecule has 0 spiro atoms. The molecule has 1 aliphatic heterocycles. The van der Waals surface area contributed by atoms with Gasteiger partial charge in [0.05, 0.1) is 5.56 Å². The van der Waals surface area contributed by atoms with E-state index in [0.717, 1.165) is 5.56 Å². The van der Waals surface area contributed by atoms with E-state index in [0.29, 0.717) is 23.5 Å². The van der Waals surface area contributed by atoms with E-state index in [4.69, 9.17) is 14.2 Å². The number of hydrogen-bond acceptors (Lipinski definition) is 8. The van der Waals surface area contributed by atoms with Crippen molar-refractivity contribution in [2.24, 2.45) is 0 Å². The summed E-state index contributed by atoms with van der Waals surface area (Å²) in [6.07, 6.45) is -7.59. The minimum Gasteiger partial charge on any atom is -0.489 e. The number of benzene rings is 2. The van der Waals surface area contributed by atoms with Gasteiger partial charge in [0.15, 0.2) is 6.29 Å². The van der Waals surface area contributed by atoms with Crippen LogP contribution in [0.5, 0.6) is 5.75 Å². The Hall–Kier alpha value is -2.49. The molecule has 156 valence electrons. The summed E-state index contributed by atoms with van der Waals surface area (Å²) in [6, 6.07) is 14.6. The zero-order chi connectivity index (χ0) is 21.0. The SMILES string of the molecule is Cc1cc(OCc2ccccc2)ccc1C(=O)OC[C@H]1OC(O)[C@H](O)[C@@H](O)[C@@H]1O. The number of hydrogen-bond donors (Lipinski definition) is 4. The molecule has 1 fully saturated rings. The summed E-state index contributed by atoms with van der Waals surface area (Å²) >= 11 is 0. The molecule has 8 nitrogen and oxygen atoms in total. The second-order valence-electron chi connectivity index (χ2n) is 6.89. The van der Waals surface area contributed by atoms with Crippen LogP contribution < -0.4 is 4.74 Å². The molecular formula is C21H24O8. The van der Waals surface area contributed by atoms with Crippen molar-refractivity contribution in [3.8, 4) is 5.75 Å². The summed E-state index contributed by atoms with van der Waals surface area (Å²) in [6.45, 7) is 1.74. The van der Waals surface area contributed by atoms with Crippen molar-refractivity contribution in [2.75, 3.05) is 6.61 Å². The lowest BCUT2D eigenvalue weighted by atomic mass is 9.99. The molecule has 0 aromatic heterocycles. The van der Waals surface area contributed by atoms with Gasteiger partial charge in [-0.05, 0) is 36.2 Å². The Labute approximate surface area is 167 Å². The Bertz CT molecular complexity index is 825. The molecule has 8 heteroatoms. The van der Waals surface area contributed by atoms with Crippen LogP contribution in [0.1, 0.15) is 21.5 Å². The molecule has 1 aliphatic rings. The first kappa shape index (κ1) is 21.2. The monoisotopic (exact) mass is 404 g/mol. The highest BCUT2D eigenvalue weighted by atomic mass is 16.6. The normalized spacial score (nSPS) is 26.7. The lowest BCUT2D eigenvalue weighted by molar-refractivity contribution is -0.286. The summed E-state index contributed by atoms with van der Waals surface area (Å²) in [5.74, 6) is -0.0443. The molecule has 0 amide bonds. The highest BCUT2D eigenvalue weighted by Gasteiger charge is 2.43. The molecule has 0 aliphatic carbocycles. The molecule has 0 saturated carbocycles. The van der Waals surface area contributed by atoms with Gasteiger partial charge in [0.2, 0.25) is 0 Å². The predicted molar refractivity (Wildman–Crippen MR) is 101 cm³/mol. The Kier molecular flexibility index (Phi) is 6.83. The molecule has 1 unspecified atom stereocenters. The van der Waals surface area contributed by atoms with Gasteiger partial charge in [0.25, 0.3) is 0 Å². The summed E-state index contributed by atoms with van der Waals surface area (Å²) in [5, 5.41) is 38.6. The van der Waals surface area contributed by atoms with Gasteiger partial charge in [-0.15, -0.1) is 0 Å². The second-order valence-corrected chi connectivity index (χ2v) is 6.89. The topological polar surface area (TPSA) is 126 Å². The van der Waals surface area contributed by atoms with Gasteiger partial charge in [0, 0.05) is 0 Å². The van der Waals surface area contributed by atoms with Crippen molar-refractivity contribution < 1.29 is 39.4 Å². The van der Waals surface area contributed by atoms with E-state index in [9.17, 15) is 25.2 Å². The molecule has 29 heavy (non-hydrogen) atoms. The fourth-order valence-corrected chi connectivity index (χ4v) is 3.00. The summed E-state index contributed by atoms with van der Waals surface area (Å²) in [4.78, 5) is 12.4. The van der Waals surface area contributed by atoms with Crippen LogP contribution >= 0.6 is 0 Å². The maximum absolute atomic E-state index is 12.4. The van der Waals surface area contributed by atoms with Crippen LogP contribution in [0.15, 0.2) is 48.5 Å². The van der Waals surface area contributed by atoms with Crippen LogP contribution in [0.3, 0.4) is 0 Å². The molecule has 4 N–H and O–H groups in total. The Morgan fingerprint density at radius 3 is 2.41 bits per heavy atom. The minimum absolute atomic E-state index is 0.309. The zero-order valence-electron chi connectivity index (χ0n) is 15.8. The Morgan fingerprint density at radius 2 is 1.72 bits per heavy atom. The lowest BCUT2D eigenvalue weighted by Crippen LogP contribution is -2.58. The Morgan fingerprint density at radius 1 is 1.00 bits per heavy atom. The standard InChI is InChI=1S/C21H24O8/c1-12-9-14(27-10-13-5-3-2-4-6-13)7-8-15(12)20(25)28-11-16-17(22)18(23)19(24)21(26)29-16/h2-9,16-19,21-24,26H,10-11H2,1H3/t16-,17-,18+,19-,21?/m1/s1. The average Bonchev–Trinajstić information content (AvgIpc) is 2.73. The predicted octanol–water partition coefficient (Wildman–Crippen LogP) is 0.531. The van der Waals surface area contributed by atoms with E-state index < -0.39 is 43.3 Å². The van der Waals surface area contributed by atoms with Crippen molar-refractivity contribution >= 4 is 5.97 Å². The highest BCUT2D eigenvalue weighted by molar-refractivity contribution is 5.91. The molecule has 0 bridgehead atoms. The first-order chi connectivity index (χ1) is 13.9. The van der Waals surface area contributed by atoms with E-state index in [1.165, 1.54) is 0 Å². The highest BCUT2D eigenvalue weighted by Crippen LogP contribution is 2.22. The number of ether oxygens (including phenoxy) is 3. The van der Waals surface area contributed by atoms with Crippen LogP contribution in [0.2, 0.25) is 0 Å². The quantitative estimate of drug-likeness (QED) is 0.514. The zero-order valence-corrected chi connectivity index (χ0v) is 15.8. The Balaban J connectivity index is 1.57. The summed E-state index contributed by atoms with van der Waals surface area (Å²) in [7, 11) is 0. The van der Waals surface area contributed by atoms with Gasteiger partial charge in [-0.1, -0.05) is 30.3 Å². The van der Waals surface area contributed by atoms with Crippen LogP contribution in [-0.4, -0.2) is 63.7 Å². The van der Waals surface area contributed by atoms with Crippen LogP contribution in [0.4, 0.5) is 0 Å². The molecule has 5 atom stereocenters. The van der Waals surface area contributed by atoms with E-state index in [-0.39, 0.29) is 0 Å². The minimum atomic E-state index is -1.68. The molecule has 2 aromatic rings. The molecular weight excluding hydrogens is 380 g/mol. The largest absolute Gasteiger partial charge is 0.489 e. The number of rotatable bonds is 6. The van der Waals surface area contributed by atoms with Gasteiger partial charge in [-0.3, -0.25) is 0 Å². The number of aliphatic hydroxyl groups excluding tert-OH is 4. The van der Waals surface area contributed by atoms with Crippen molar-refractivity contribution in [3.05, 3.63) is 65.2 Å². The van der Waals surface area contributed by atoms with Crippen molar-refractivity contribution in [3.63, 3.8) is 0 Å². The van der Waals surface area contributed by atoms with Crippen molar-refractivity contribution in [1.29, 1.82) is 0 Å². The fraction of sp³-hybridized carbons (Fsp3) is 0.381. The number of aryl methyl sites for hydroxylation is 1. The number of aliphatic hydroxyl groups is 4. The van der Waals surface area contributed by atoms with Gasteiger partial charge in [-0.25, -0.2) is 4.79 Å². The first-order valence-corrected chi connectivity index (χ1v) is 9.19. The molecule has 1 heterocycles. The third-order valence-corrected chi connectivity index (χ3v) is 4.73. The number of carbonyl (C=O) groups is 1. The van der Waals surface area contributed by atoms with Gasteiger partial charge in [0.1, 0.15) is 43.4 Å². The molecule has 3 rings (SSSR count). The third-order valence-electron chi connectivity index (χ3n) is 4.73. The summed E-state index contributed by atoms with van der Waals surface area (Å²) < 4.78 is 15.9. The van der Waals surface area contributed by atoms with Gasteiger partial charge in [-0.2, -0.15) is 0 Å². The molecule has 2 aromatic carbocycles. The van der Waals surface area contributed by atoms with Crippen LogP contribution in [0, 0.1) is 6.92 Å². The third kappa shape index (κ3) is 5.11. The smallest absolute Gasteiger partial charge is 0.338 e. The second kappa shape index (κ2) is 9.34. The first-order valence-electron chi connectivity index (χ1n) is 9.19. The van der Waals surface area contributed by atoms with E-state index in [1.54, 1.807) is 25.1 Å². The number of carbonyl (C=O) groups excluding carboxylic acids is 1. The maximum Gasteiger partial charge on any atom is 0.338 e. The molecule has 1 saturated heterocycles. The van der Waals surface area contributed by atoms with Crippen LogP contribution in [0.25, 0.3) is 0 Å². The lowest BCUT2D eigenvalue weighted by Gasteiger charge is -2.37. The van der Waals surface area contributed by atoms with Crippen LogP contribution in [-0.2, 0) is 16.1 Å². The average molecular weight is 404 g/mol. The van der Waals surface area contributed by atoms with E-state index in [2.05, 4.69) is 0 Å². The van der Waals surface area contributed by atoms with Gasteiger partial charge < -0.3 is 34.6 Å². The van der Waals surface area contributed by atoms with E-state index >= 15 is 0 Å². The fourth-order valence-electron chi connectivity index (χ4n) is 3.00.